The monoisotopic (exact) mass is 459 g/mol. The molecule has 1 aliphatic heterocycles. The van der Waals surface area contributed by atoms with E-state index in [1.807, 2.05) is 45.0 Å². The van der Waals surface area contributed by atoms with Crippen LogP contribution >= 0.6 is 0 Å². The highest BCUT2D eigenvalue weighted by Gasteiger charge is 2.43. The van der Waals surface area contributed by atoms with Gasteiger partial charge in [0.1, 0.15) is 11.3 Å². The molecular formula is C27H25NO6. The van der Waals surface area contributed by atoms with Crippen LogP contribution in [0.25, 0.3) is 11.0 Å². The van der Waals surface area contributed by atoms with Gasteiger partial charge in [0.25, 0.3) is 5.91 Å². The number of aryl methyl sites for hydroxylation is 1. The first-order chi connectivity index (χ1) is 16.5. The minimum atomic E-state index is -0.663. The molecular weight excluding hydrogens is 434 g/mol. The topological polar surface area (TPSA) is 82.1 Å². The quantitative estimate of drug-likeness (QED) is 0.376. The predicted molar refractivity (Wildman–Crippen MR) is 126 cm³/mol. The Morgan fingerprint density at radius 2 is 1.76 bits per heavy atom. The molecule has 0 aliphatic carbocycles. The molecule has 0 radical (unpaired) electrons. The Labute approximate surface area is 196 Å². The van der Waals surface area contributed by atoms with Gasteiger partial charge in [0.2, 0.25) is 5.76 Å². The number of rotatable bonds is 7. The van der Waals surface area contributed by atoms with Crippen LogP contribution in [0.3, 0.4) is 0 Å². The lowest BCUT2D eigenvalue weighted by atomic mass is 9.97. The zero-order valence-corrected chi connectivity index (χ0v) is 19.3. The summed E-state index contributed by atoms with van der Waals surface area (Å²) in [7, 11) is 0. The third-order valence-corrected chi connectivity index (χ3v) is 5.91. The fourth-order valence-electron chi connectivity index (χ4n) is 4.45. The SMILES string of the molecule is CCOc1ccc([C@H]2c3c(oc4ccc(C)cc4c3=O)C(=O)N2Cc2ccco2)cc1OCC. The van der Waals surface area contributed by atoms with E-state index < -0.39 is 6.04 Å². The van der Waals surface area contributed by atoms with Gasteiger partial charge in [0.05, 0.1) is 43.0 Å². The molecule has 7 nitrogen and oxygen atoms in total. The second-order valence-electron chi connectivity index (χ2n) is 8.16. The third kappa shape index (κ3) is 3.63. The van der Waals surface area contributed by atoms with Crippen molar-refractivity contribution in [3.63, 3.8) is 0 Å². The Kier molecular flexibility index (Phi) is 5.61. The normalized spacial score (nSPS) is 15.1. The summed E-state index contributed by atoms with van der Waals surface area (Å²) >= 11 is 0. The number of hydrogen-bond donors (Lipinski definition) is 0. The molecule has 3 heterocycles. The van der Waals surface area contributed by atoms with Gasteiger partial charge in [-0.25, -0.2) is 0 Å². The largest absolute Gasteiger partial charge is 0.490 e. The molecule has 0 saturated heterocycles. The molecule has 0 saturated carbocycles. The van der Waals surface area contributed by atoms with Crippen molar-refractivity contribution >= 4 is 16.9 Å². The minimum absolute atomic E-state index is 0.0600. The van der Waals surface area contributed by atoms with Gasteiger partial charge in [0, 0.05) is 0 Å². The number of furan rings is 1. The smallest absolute Gasteiger partial charge is 0.291 e. The van der Waals surface area contributed by atoms with E-state index >= 15 is 0 Å². The van der Waals surface area contributed by atoms with E-state index in [-0.39, 0.29) is 23.6 Å². The maximum Gasteiger partial charge on any atom is 0.291 e. The number of carbonyl (C=O) groups excluding carboxylic acids is 1. The summed E-state index contributed by atoms with van der Waals surface area (Å²) in [6.07, 6.45) is 1.56. The van der Waals surface area contributed by atoms with E-state index in [2.05, 4.69) is 0 Å². The maximum atomic E-state index is 13.7. The molecule has 0 N–H and O–H groups in total. The van der Waals surface area contributed by atoms with E-state index in [9.17, 15) is 9.59 Å². The first-order valence-electron chi connectivity index (χ1n) is 11.3. The van der Waals surface area contributed by atoms with E-state index in [0.29, 0.717) is 47.0 Å². The van der Waals surface area contributed by atoms with Crippen molar-refractivity contribution in [3.8, 4) is 11.5 Å². The summed E-state index contributed by atoms with van der Waals surface area (Å²) in [6, 6.07) is 13.8. The summed E-state index contributed by atoms with van der Waals surface area (Å²) < 4.78 is 23.0. The molecule has 0 fully saturated rings. The highest BCUT2D eigenvalue weighted by molar-refractivity contribution is 5.99. The maximum absolute atomic E-state index is 13.7. The van der Waals surface area contributed by atoms with Gasteiger partial charge in [-0.05, 0) is 62.7 Å². The lowest BCUT2D eigenvalue weighted by Gasteiger charge is -2.25. The number of hydrogen-bond acceptors (Lipinski definition) is 6. The van der Waals surface area contributed by atoms with Crippen LogP contribution in [0.2, 0.25) is 0 Å². The fourth-order valence-corrected chi connectivity index (χ4v) is 4.45. The van der Waals surface area contributed by atoms with Gasteiger partial charge in [-0.15, -0.1) is 0 Å². The van der Waals surface area contributed by atoms with Crippen molar-refractivity contribution in [3.05, 3.63) is 93.2 Å². The van der Waals surface area contributed by atoms with Crippen LogP contribution in [-0.2, 0) is 6.54 Å². The van der Waals surface area contributed by atoms with Gasteiger partial charge in [-0.1, -0.05) is 17.7 Å². The summed E-state index contributed by atoms with van der Waals surface area (Å²) in [5, 5.41) is 0.451. The van der Waals surface area contributed by atoms with Crippen LogP contribution in [0.15, 0.2) is 68.4 Å². The highest BCUT2D eigenvalue weighted by Crippen LogP contribution is 2.41. The average molecular weight is 459 g/mol. The van der Waals surface area contributed by atoms with Crippen molar-refractivity contribution in [2.75, 3.05) is 13.2 Å². The first-order valence-corrected chi connectivity index (χ1v) is 11.3. The van der Waals surface area contributed by atoms with Crippen molar-refractivity contribution in [2.24, 2.45) is 0 Å². The van der Waals surface area contributed by atoms with Crippen LogP contribution in [-0.4, -0.2) is 24.0 Å². The molecule has 2 aromatic heterocycles. The predicted octanol–water partition coefficient (Wildman–Crippen LogP) is 5.24. The average Bonchev–Trinajstić information content (AvgIpc) is 3.43. The first kappa shape index (κ1) is 21.8. The molecule has 1 amide bonds. The molecule has 0 spiro atoms. The second kappa shape index (κ2) is 8.74. The number of carbonyl (C=O) groups is 1. The van der Waals surface area contributed by atoms with Crippen molar-refractivity contribution in [1.29, 1.82) is 0 Å². The highest BCUT2D eigenvalue weighted by atomic mass is 16.5. The molecule has 1 atom stereocenters. The van der Waals surface area contributed by atoms with Gasteiger partial charge in [-0.3, -0.25) is 9.59 Å². The summed E-state index contributed by atoms with van der Waals surface area (Å²) in [6.45, 7) is 6.84. The van der Waals surface area contributed by atoms with Crippen LogP contribution in [0.4, 0.5) is 0 Å². The lowest BCUT2D eigenvalue weighted by molar-refractivity contribution is 0.0701. The second-order valence-corrected chi connectivity index (χ2v) is 8.16. The minimum Gasteiger partial charge on any atom is -0.490 e. The van der Waals surface area contributed by atoms with E-state index in [0.717, 1.165) is 11.1 Å². The number of nitrogens with zero attached hydrogens (tertiary/aromatic N) is 1. The Morgan fingerprint density at radius 3 is 2.50 bits per heavy atom. The van der Waals surface area contributed by atoms with Crippen molar-refractivity contribution < 1.29 is 23.1 Å². The third-order valence-electron chi connectivity index (χ3n) is 5.91. The van der Waals surface area contributed by atoms with E-state index in [4.69, 9.17) is 18.3 Å². The Balaban J connectivity index is 1.72. The molecule has 1 aliphatic rings. The van der Waals surface area contributed by atoms with Crippen LogP contribution in [0.5, 0.6) is 11.5 Å². The Morgan fingerprint density at radius 1 is 0.971 bits per heavy atom. The zero-order valence-electron chi connectivity index (χ0n) is 19.3. The van der Waals surface area contributed by atoms with Gasteiger partial charge in [-0.2, -0.15) is 0 Å². The molecule has 5 rings (SSSR count). The van der Waals surface area contributed by atoms with Crippen molar-refractivity contribution in [1.82, 2.24) is 4.90 Å². The zero-order chi connectivity index (χ0) is 23.8. The lowest BCUT2D eigenvalue weighted by Crippen LogP contribution is -2.29. The fraction of sp³-hybridized carbons (Fsp3) is 0.259. The molecule has 0 unspecified atom stereocenters. The Bertz CT molecular complexity index is 1420. The number of benzene rings is 2. The van der Waals surface area contributed by atoms with Gasteiger partial charge in [0.15, 0.2) is 16.9 Å². The summed E-state index contributed by atoms with van der Waals surface area (Å²) in [5.41, 5.74) is 2.16. The van der Waals surface area contributed by atoms with Gasteiger partial charge >= 0.3 is 0 Å². The number of amides is 1. The molecule has 7 heteroatoms. The number of ether oxygens (including phenoxy) is 2. The van der Waals surface area contributed by atoms with Gasteiger partial charge < -0.3 is 23.2 Å². The molecule has 0 bridgehead atoms. The molecule has 174 valence electrons. The van der Waals surface area contributed by atoms with E-state index in [1.165, 1.54) is 0 Å². The number of fused-ring (bicyclic) bond motifs is 2. The molecule has 34 heavy (non-hydrogen) atoms. The Hall–Kier alpha value is -4.00. The molecule has 2 aromatic carbocycles. The summed E-state index contributed by atoms with van der Waals surface area (Å²) in [5.74, 6) is 1.47. The van der Waals surface area contributed by atoms with Crippen LogP contribution in [0.1, 0.15) is 52.9 Å². The van der Waals surface area contributed by atoms with Crippen molar-refractivity contribution in [2.45, 2.75) is 33.4 Å². The van der Waals surface area contributed by atoms with E-state index in [1.54, 1.807) is 35.4 Å². The van der Waals surface area contributed by atoms with Crippen LogP contribution in [0, 0.1) is 6.92 Å². The van der Waals surface area contributed by atoms with Crippen LogP contribution < -0.4 is 14.9 Å². The molecule has 4 aromatic rings. The summed E-state index contributed by atoms with van der Waals surface area (Å²) in [4.78, 5) is 28.9. The standard InChI is InChI=1S/C27H25NO6/c1-4-31-21-11-9-17(14-22(21)32-5-2)24-23-25(29)19-13-16(3)8-10-20(19)34-26(23)27(30)28(24)15-18-7-6-12-33-18/h6-14,24H,4-5,15H2,1-3H3/t24-/m0/s1.